The van der Waals surface area contributed by atoms with E-state index in [2.05, 4.69) is 20.2 Å². The number of aromatic nitrogens is 2. The number of rotatable bonds is 4. The molecule has 0 aromatic carbocycles. The van der Waals surface area contributed by atoms with Crippen LogP contribution in [0.3, 0.4) is 0 Å². The summed E-state index contributed by atoms with van der Waals surface area (Å²) in [7, 11) is 0. The van der Waals surface area contributed by atoms with E-state index in [4.69, 9.17) is 4.42 Å². The van der Waals surface area contributed by atoms with Crippen molar-refractivity contribution in [2.24, 2.45) is 0 Å². The third-order valence-electron chi connectivity index (χ3n) is 3.57. The predicted octanol–water partition coefficient (Wildman–Crippen LogP) is 3.06. The Morgan fingerprint density at radius 3 is 2.75 bits per heavy atom. The predicted molar refractivity (Wildman–Crippen MR) is 78.7 cm³/mol. The molecule has 20 heavy (non-hydrogen) atoms. The van der Waals surface area contributed by atoms with Gasteiger partial charge in [0.2, 0.25) is 5.95 Å². The van der Waals surface area contributed by atoms with Gasteiger partial charge in [-0.25, -0.2) is 4.98 Å². The summed E-state index contributed by atoms with van der Waals surface area (Å²) in [5.74, 6) is 2.56. The molecule has 0 amide bonds. The molecular weight excluding hydrogens is 252 g/mol. The molecule has 0 spiro atoms. The molecule has 0 saturated carbocycles. The molecule has 0 aliphatic carbocycles. The highest BCUT2D eigenvalue weighted by Gasteiger charge is 2.11. The van der Waals surface area contributed by atoms with E-state index in [1.807, 2.05) is 24.4 Å². The summed E-state index contributed by atoms with van der Waals surface area (Å²) in [6, 6.07) is 5.81. The molecule has 106 valence electrons. The Kier molecular flexibility index (Phi) is 4.16. The fourth-order valence-electron chi connectivity index (χ4n) is 2.49. The van der Waals surface area contributed by atoms with Gasteiger partial charge in [-0.3, -0.25) is 0 Å². The van der Waals surface area contributed by atoms with Crippen LogP contribution in [0.15, 0.2) is 35.1 Å². The summed E-state index contributed by atoms with van der Waals surface area (Å²) in [5.41, 5.74) is 0. The number of nitrogens with zero attached hydrogens (tertiary/aromatic N) is 3. The zero-order chi connectivity index (χ0) is 13.6. The monoisotopic (exact) mass is 272 g/mol. The summed E-state index contributed by atoms with van der Waals surface area (Å²) < 4.78 is 5.29. The van der Waals surface area contributed by atoms with Crippen molar-refractivity contribution in [1.82, 2.24) is 9.97 Å². The normalized spacial score (nSPS) is 15.9. The van der Waals surface area contributed by atoms with Crippen LogP contribution >= 0.6 is 0 Å². The van der Waals surface area contributed by atoms with E-state index < -0.39 is 0 Å². The SMILES string of the molecule is c1coc(CNc2nccc(N3CCCCCC3)n2)c1. The van der Waals surface area contributed by atoms with Gasteiger partial charge in [-0.05, 0) is 31.0 Å². The molecule has 0 radical (unpaired) electrons. The summed E-state index contributed by atoms with van der Waals surface area (Å²) in [5, 5.41) is 3.20. The van der Waals surface area contributed by atoms with Crippen LogP contribution in [-0.2, 0) is 6.54 Å². The fraction of sp³-hybridized carbons (Fsp3) is 0.467. The minimum atomic E-state index is 0.608. The van der Waals surface area contributed by atoms with E-state index in [1.54, 1.807) is 6.26 Å². The molecular formula is C15H20N4O. The van der Waals surface area contributed by atoms with Crippen molar-refractivity contribution in [1.29, 1.82) is 0 Å². The third-order valence-corrected chi connectivity index (χ3v) is 3.57. The molecule has 1 N–H and O–H groups in total. The van der Waals surface area contributed by atoms with Crippen molar-refractivity contribution in [3.05, 3.63) is 36.4 Å². The average Bonchev–Trinajstić information content (AvgIpc) is 2.86. The summed E-state index contributed by atoms with van der Waals surface area (Å²) in [6.45, 7) is 2.79. The first kappa shape index (κ1) is 13.0. The first-order valence-electron chi connectivity index (χ1n) is 7.26. The quantitative estimate of drug-likeness (QED) is 0.927. The molecule has 1 saturated heterocycles. The first-order chi connectivity index (χ1) is 9.92. The Balaban J connectivity index is 1.65. The molecule has 5 heteroatoms. The van der Waals surface area contributed by atoms with E-state index in [9.17, 15) is 0 Å². The number of hydrogen-bond acceptors (Lipinski definition) is 5. The van der Waals surface area contributed by atoms with Crippen molar-refractivity contribution in [2.45, 2.75) is 32.2 Å². The second-order valence-electron chi connectivity index (χ2n) is 5.07. The van der Waals surface area contributed by atoms with Crippen LogP contribution in [-0.4, -0.2) is 23.1 Å². The molecule has 1 aliphatic rings. The molecule has 0 atom stereocenters. The lowest BCUT2D eigenvalue weighted by Crippen LogP contribution is -2.25. The second kappa shape index (κ2) is 6.41. The number of anilines is 2. The minimum Gasteiger partial charge on any atom is -0.467 e. The van der Waals surface area contributed by atoms with Gasteiger partial charge in [0.25, 0.3) is 0 Å². The summed E-state index contributed by atoms with van der Waals surface area (Å²) in [6.07, 6.45) is 8.64. The van der Waals surface area contributed by atoms with Gasteiger partial charge in [0, 0.05) is 19.3 Å². The topological polar surface area (TPSA) is 54.2 Å². The summed E-state index contributed by atoms with van der Waals surface area (Å²) >= 11 is 0. The minimum absolute atomic E-state index is 0.608. The van der Waals surface area contributed by atoms with E-state index >= 15 is 0 Å². The van der Waals surface area contributed by atoms with Crippen LogP contribution in [0.25, 0.3) is 0 Å². The Labute approximate surface area is 119 Å². The van der Waals surface area contributed by atoms with Gasteiger partial charge in [0.05, 0.1) is 12.8 Å². The van der Waals surface area contributed by atoms with Crippen LogP contribution in [0, 0.1) is 0 Å². The molecule has 0 unspecified atom stereocenters. The molecule has 3 heterocycles. The van der Waals surface area contributed by atoms with E-state index in [0.29, 0.717) is 12.5 Å². The van der Waals surface area contributed by atoms with E-state index in [0.717, 1.165) is 24.7 Å². The molecule has 5 nitrogen and oxygen atoms in total. The van der Waals surface area contributed by atoms with Crippen molar-refractivity contribution < 1.29 is 4.42 Å². The second-order valence-corrected chi connectivity index (χ2v) is 5.07. The van der Waals surface area contributed by atoms with Crippen LogP contribution in [0.1, 0.15) is 31.4 Å². The van der Waals surface area contributed by atoms with Crippen molar-refractivity contribution in [3.8, 4) is 0 Å². The Morgan fingerprint density at radius 1 is 1.15 bits per heavy atom. The molecule has 2 aromatic rings. The molecule has 0 bridgehead atoms. The van der Waals surface area contributed by atoms with E-state index in [1.165, 1.54) is 25.7 Å². The molecule has 1 aliphatic heterocycles. The van der Waals surface area contributed by atoms with Crippen LogP contribution < -0.4 is 10.2 Å². The first-order valence-corrected chi connectivity index (χ1v) is 7.26. The van der Waals surface area contributed by atoms with Crippen LogP contribution in [0.5, 0.6) is 0 Å². The van der Waals surface area contributed by atoms with Gasteiger partial charge >= 0.3 is 0 Å². The highest BCUT2D eigenvalue weighted by Crippen LogP contribution is 2.18. The zero-order valence-corrected chi connectivity index (χ0v) is 11.6. The standard InChI is InChI=1S/C15H20N4O/c1-2-4-10-19(9-3-1)14-7-8-16-15(18-14)17-12-13-6-5-11-20-13/h5-8,11H,1-4,9-10,12H2,(H,16,17,18). The summed E-state index contributed by atoms with van der Waals surface area (Å²) in [4.78, 5) is 11.2. The van der Waals surface area contributed by atoms with Gasteiger partial charge in [-0.15, -0.1) is 0 Å². The van der Waals surface area contributed by atoms with E-state index in [-0.39, 0.29) is 0 Å². The molecule has 3 rings (SSSR count). The van der Waals surface area contributed by atoms with Crippen LogP contribution in [0.4, 0.5) is 11.8 Å². The number of nitrogens with one attached hydrogen (secondary N) is 1. The van der Waals surface area contributed by atoms with Gasteiger partial charge in [0.15, 0.2) is 0 Å². The fourth-order valence-corrected chi connectivity index (χ4v) is 2.49. The Hall–Kier alpha value is -2.04. The Morgan fingerprint density at radius 2 is 2.00 bits per heavy atom. The van der Waals surface area contributed by atoms with Gasteiger partial charge < -0.3 is 14.6 Å². The highest BCUT2D eigenvalue weighted by atomic mass is 16.3. The average molecular weight is 272 g/mol. The lowest BCUT2D eigenvalue weighted by molar-refractivity contribution is 0.517. The zero-order valence-electron chi connectivity index (χ0n) is 11.6. The van der Waals surface area contributed by atoms with Gasteiger partial charge in [-0.1, -0.05) is 12.8 Å². The number of furan rings is 1. The van der Waals surface area contributed by atoms with Crippen molar-refractivity contribution in [3.63, 3.8) is 0 Å². The largest absolute Gasteiger partial charge is 0.467 e. The highest BCUT2D eigenvalue weighted by molar-refractivity contribution is 5.42. The maximum absolute atomic E-state index is 5.29. The lowest BCUT2D eigenvalue weighted by Gasteiger charge is -2.21. The van der Waals surface area contributed by atoms with Crippen LogP contribution in [0.2, 0.25) is 0 Å². The van der Waals surface area contributed by atoms with Gasteiger partial charge in [0.1, 0.15) is 11.6 Å². The third kappa shape index (κ3) is 3.29. The smallest absolute Gasteiger partial charge is 0.224 e. The maximum atomic E-state index is 5.29. The lowest BCUT2D eigenvalue weighted by atomic mass is 10.2. The molecule has 1 fully saturated rings. The maximum Gasteiger partial charge on any atom is 0.224 e. The molecule has 2 aromatic heterocycles. The van der Waals surface area contributed by atoms with Crippen molar-refractivity contribution in [2.75, 3.05) is 23.3 Å². The van der Waals surface area contributed by atoms with Gasteiger partial charge in [-0.2, -0.15) is 4.98 Å². The number of hydrogen-bond donors (Lipinski definition) is 1. The van der Waals surface area contributed by atoms with Crippen molar-refractivity contribution >= 4 is 11.8 Å². The Bertz CT molecular complexity index is 518.